The standard InChI is InChI=1S/C10H14BrNO2/c1-13-7-9(11)5-8-3-4-12-10(6-8)14-2/h3-4,6,9H,5,7H2,1-2H3. The SMILES string of the molecule is COCC(Br)Cc1ccnc(OC)c1. The molecule has 1 aromatic heterocycles. The van der Waals surface area contributed by atoms with Crippen LogP contribution in [0.3, 0.4) is 0 Å². The van der Waals surface area contributed by atoms with Crippen molar-refractivity contribution < 1.29 is 9.47 Å². The monoisotopic (exact) mass is 259 g/mol. The molecule has 1 heterocycles. The molecule has 0 aliphatic carbocycles. The fraction of sp³-hybridized carbons (Fsp3) is 0.500. The van der Waals surface area contributed by atoms with Crippen molar-refractivity contribution in [3.05, 3.63) is 23.9 Å². The number of halogens is 1. The average Bonchev–Trinajstić information content (AvgIpc) is 2.18. The molecule has 0 aliphatic rings. The topological polar surface area (TPSA) is 31.4 Å². The lowest BCUT2D eigenvalue weighted by atomic mass is 10.1. The van der Waals surface area contributed by atoms with E-state index in [2.05, 4.69) is 20.9 Å². The molecule has 0 saturated carbocycles. The van der Waals surface area contributed by atoms with Gasteiger partial charge in [0.25, 0.3) is 0 Å². The van der Waals surface area contributed by atoms with Crippen molar-refractivity contribution in [3.8, 4) is 5.88 Å². The number of pyridine rings is 1. The van der Waals surface area contributed by atoms with Gasteiger partial charge in [-0.15, -0.1) is 0 Å². The Morgan fingerprint density at radius 2 is 2.29 bits per heavy atom. The summed E-state index contributed by atoms with van der Waals surface area (Å²) >= 11 is 3.54. The fourth-order valence-corrected chi connectivity index (χ4v) is 1.82. The number of rotatable bonds is 5. The lowest BCUT2D eigenvalue weighted by Crippen LogP contribution is -2.10. The third-order valence-electron chi connectivity index (χ3n) is 1.81. The van der Waals surface area contributed by atoms with Gasteiger partial charge in [-0.3, -0.25) is 0 Å². The van der Waals surface area contributed by atoms with Gasteiger partial charge < -0.3 is 9.47 Å². The van der Waals surface area contributed by atoms with E-state index < -0.39 is 0 Å². The zero-order valence-corrected chi connectivity index (χ0v) is 9.95. The number of nitrogens with zero attached hydrogens (tertiary/aromatic N) is 1. The molecule has 0 saturated heterocycles. The van der Waals surface area contributed by atoms with Crippen molar-refractivity contribution in [2.45, 2.75) is 11.2 Å². The van der Waals surface area contributed by atoms with E-state index in [0.717, 1.165) is 6.42 Å². The quantitative estimate of drug-likeness (QED) is 0.759. The van der Waals surface area contributed by atoms with Crippen LogP contribution in [-0.2, 0) is 11.2 Å². The van der Waals surface area contributed by atoms with E-state index in [4.69, 9.17) is 9.47 Å². The molecule has 0 aromatic carbocycles. The lowest BCUT2D eigenvalue weighted by Gasteiger charge is -2.08. The Labute approximate surface area is 92.6 Å². The van der Waals surface area contributed by atoms with Crippen molar-refractivity contribution in [3.63, 3.8) is 0 Å². The first-order valence-electron chi connectivity index (χ1n) is 4.38. The highest BCUT2D eigenvalue weighted by atomic mass is 79.9. The highest BCUT2D eigenvalue weighted by Crippen LogP contribution is 2.14. The molecule has 1 rings (SSSR count). The molecule has 3 nitrogen and oxygen atoms in total. The Kier molecular flexibility index (Phi) is 4.90. The van der Waals surface area contributed by atoms with E-state index in [-0.39, 0.29) is 0 Å². The molecule has 0 bridgehead atoms. The predicted molar refractivity (Wildman–Crippen MR) is 59.1 cm³/mol. The van der Waals surface area contributed by atoms with E-state index in [1.54, 1.807) is 20.4 Å². The molecule has 0 spiro atoms. The molecule has 0 aliphatic heterocycles. The molecule has 1 unspecified atom stereocenters. The summed E-state index contributed by atoms with van der Waals surface area (Å²) in [6.45, 7) is 0.699. The second-order valence-electron chi connectivity index (χ2n) is 2.96. The minimum Gasteiger partial charge on any atom is -0.481 e. The third-order valence-corrected chi connectivity index (χ3v) is 2.40. The normalized spacial score (nSPS) is 12.5. The minimum absolute atomic E-state index is 0.333. The molecule has 4 heteroatoms. The molecule has 0 radical (unpaired) electrons. The van der Waals surface area contributed by atoms with Crippen molar-refractivity contribution >= 4 is 15.9 Å². The average molecular weight is 260 g/mol. The Balaban J connectivity index is 2.57. The minimum atomic E-state index is 0.333. The summed E-state index contributed by atoms with van der Waals surface area (Å²) in [7, 11) is 3.31. The van der Waals surface area contributed by atoms with Gasteiger partial charge >= 0.3 is 0 Å². The summed E-state index contributed by atoms with van der Waals surface area (Å²) in [5.74, 6) is 0.652. The van der Waals surface area contributed by atoms with Gasteiger partial charge in [0.1, 0.15) is 0 Å². The van der Waals surface area contributed by atoms with Crippen molar-refractivity contribution in [2.24, 2.45) is 0 Å². The van der Waals surface area contributed by atoms with Gasteiger partial charge in [0.05, 0.1) is 13.7 Å². The van der Waals surface area contributed by atoms with Gasteiger partial charge in [-0.1, -0.05) is 15.9 Å². The van der Waals surface area contributed by atoms with Crippen LogP contribution in [0.1, 0.15) is 5.56 Å². The van der Waals surface area contributed by atoms with Crippen LogP contribution in [0.4, 0.5) is 0 Å². The van der Waals surface area contributed by atoms with Gasteiger partial charge in [-0.2, -0.15) is 0 Å². The molecular weight excluding hydrogens is 246 g/mol. The van der Waals surface area contributed by atoms with E-state index in [9.17, 15) is 0 Å². The van der Waals surface area contributed by atoms with Crippen molar-refractivity contribution in [1.82, 2.24) is 4.98 Å². The molecule has 0 N–H and O–H groups in total. The fourth-order valence-electron chi connectivity index (χ4n) is 1.18. The number of methoxy groups -OCH3 is 2. The van der Waals surface area contributed by atoms with Crippen LogP contribution in [0.2, 0.25) is 0 Å². The molecule has 0 amide bonds. The van der Waals surface area contributed by atoms with Crippen LogP contribution >= 0.6 is 15.9 Å². The van der Waals surface area contributed by atoms with E-state index in [1.807, 2.05) is 12.1 Å². The van der Waals surface area contributed by atoms with Gasteiger partial charge in [0.15, 0.2) is 0 Å². The Morgan fingerprint density at radius 3 is 2.93 bits per heavy atom. The maximum Gasteiger partial charge on any atom is 0.213 e. The maximum absolute atomic E-state index is 5.04. The van der Waals surface area contributed by atoms with E-state index >= 15 is 0 Å². The van der Waals surface area contributed by atoms with E-state index in [1.165, 1.54) is 5.56 Å². The van der Waals surface area contributed by atoms with Crippen LogP contribution in [-0.4, -0.2) is 30.6 Å². The number of hydrogen-bond donors (Lipinski definition) is 0. The van der Waals surface area contributed by atoms with Crippen LogP contribution in [0.25, 0.3) is 0 Å². The lowest BCUT2D eigenvalue weighted by molar-refractivity contribution is 0.200. The first kappa shape index (κ1) is 11.5. The summed E-state index contributed by atoms with van der Waals surface area (Å²) in [5.41, 5.74) is 1.19. The van der Waals surface area contributed by atoms with Crippen LogP contribution in [0, 0.1) is 0 Å². The van der Waals surface area contributed by atoms with Crippen LogP contribution < -0.4 is 4.74 Å². The Hall–Kier alpha value is -0.610. The molecule has 0 fully saturated rings. The van der Waals surface area contributed by atoms with Gasteiger partial charge in [0, 0.05) is 24.2 Å². The van der Waals surface area contributed by atoms with Gasteiger partial charge in [-0.05, 0) is 18.1 Å². The summed E-state index contributed by atoms with van der Waals surface area (Å²) in [4.78, 5) is 4.38. The first-order chi connectivity index (χ1) is 6.76. The summed E-state index contributed by atoms with van der Waals surface area (Å²) < 4.78 is 10.1. The second kappa shape index (κ2) is 5.98. The zero-order chi connectivity index (χ0) is 10.4. The smallest absolute Gasteiger partial charge is 0.213 e. The molecular formula is C10H14BrNO2. The Bertz CT molecular complexity index is 281. The van der Waals surface area contributed by atoms with Crippen LogP contribution in [0.15, 0.2) is 18.3 Å². The van der Waals surface area contributed by atoms with E-state index in [0.29, 0.717) is 17.3 Å². The number of ether oxygens (including phenoxy) is 2. The number of aromatic nitrogens is 1. The van der Waals surface area contributed by atoms with Crippen molar-refractivity contribution in [1.29, 1.82) is 0 Å². The third kappa shape index (κ3) is 3.64. The number of alkyl halides is 1. The molecule has 78 valence electrons. The van der Waals surface area contributed by atoms with Gasteiger partial charge in [-0.25, -0.2) is 4.98 Å². The molecule has 1 aromatic rings. The summed E-state index contributed by atoms with van der Waals surface area (Å²) in [6.07, 6.45) is 2.66. The summed E-state index contributed by atoms with van der Waals surface area (Å²) in [6, 6.07) is 3.91. The number of hydrogen-bond acceptors (Lipinski definition) is 3. The highest BCUT2D eigenvalue weighted by Gasteiger charge is 2.05. The second-order valence-corrected chi connectivity index (χ2v) is 4.26. The Morgan fingerprint density at radius 1 is 1.50 bits per heavy atom. The van der Waals surface area contributed by atoms with Gasteiger partial charge in [0.2, 0.25) is 5.88 Å². The molecule has 1 atom stereocenters. The largest absolute Gasteiger partial charge is 0.481 e. The van der Waals surface area contributed by atoms with Crippen molar-refractivity contribution in [2.75, 3.05) is 20.8 Å². The first-order valence-corrected chi connectivity index (χ1v) is 5.29. The predicted octanol–water partition coefficient (Wildman–Crippen LogP) is 2.04. The van der Waals surface area contributed by atoms with Crippen LogP contribution in [0.5, 0.6) is 5.88 Å². The highest BCUT2D eigenvalue weighted by molar-refractivity contribution is 9.09. The zero-order valence-electron chi connectivity index (χ0n) is 8.37. The maximum atomic E-state index is 5.04. The summed E-state index contributed by atoms with van der Waals surface area (Å²) in [5, 5.41) is 0. The molecule has 14 heavy (non-hydrogen) atoms.